The first-order valence-electron chi connectivity index (χ1n) is 7.22. The van der Waals surface area contributed by atoms with E-state index in [1.807, 2.05) is 6.92 Å². The van der Waals surface area contributed by atoms with Crippen molar-refractivity contribution < 1.29 is 14.3 Å². The van der Waals surface area contributed by atoms with Gasteiger partial charge in [0.15, 0.2) is 0 Å². The molecule has 0 radical (unpaired) electrons. The number of esters is 1. The maximum Gasteiger partial charge on any atom is 0.328 e. The molecular formula is C14H26N2O3. The van der Waals surface area contributed by atoms with E-state index in [2.05, 4.69) is 10.1 Å². The van der Waals surface area contributed by atoms with Gasteiger partial charge in [0.25, 0.3) is 0 Å². The zero-order valence-corrected chi connectivity index (χ0v) is 12.0. The van der Waals surface area contributed by atoms with Gasteiger partial charge in [0.2, 0.25) is 5.91 Å². The first-order valence-corrected chi connectivity index (χ1v) is 7.22. The zero-order valence-electron chi connectivity index (χ0n) is 12.0. The van der Waals surface area contributed by atoms with Crippen LogP contribution in [0.25, 0.3) is 0 Å². The maximum absolute atomic E-state index is 12.0. The third-order valence-electron chi connectivity index (χ3n) is 3.86. The fourth-order valence-electron chi connectivity index (χ4n) is 2.64. The van der Waals surface area contributed by atoms with Crippen molar-refractivity contribution >= 4 is 11.9 Å². The zero-order chi connectivity index (χ0) is 14.3. The lowest BCUT2D eigenvalue weighted by Crippen LogP contribution is -2.49. The summed E-state index contributed by atoms with van der Waals surface area (Å²) in [6, 6.07) is -1.11. The van der Waals surface area contributed by atoms with Crippen LogP contribution in [0.5, 0.6) is 0 Å². The minimum atomic E-state index is -0.588. The van der Waals surface area contributed by atoms with Gasteiger partial charge in [-0.1, -0.05) is 39.0 Å². The molecule has 3 N–H and O–H groups in total. The number of ether oxygens (including phenoxy) is 1. The van der Waals surface area contributed by atoms with Crippen LogP contribution in [-0.2, 0) is 14.3 Å². The van der Waals surface area contributed by atoms with Gasteiger partial charge in [-0.25, -0.2) is 4.79 Å². The van der Waals surface area contributed by atoms with Crippen molar-refractivity contribution in [1.82, 2.24) is 5.32 Å². The minimum absolute atomic E-state index is 0.247. The number of amides is 1. The highest BCUT2D eigenvalue weighted by Gasteiger charge is 2.25. The summed E-state index contributed by atoms with van der Waals surface area (Å²) in [6.07, 6.45) is 7.30. The molecule has 2 unspecified atom stereocenters. The first kappa shape index (κ1) is 16.0. The normalized spacial score (nSPS) is 19.5. The Bertz CT molecular complexity index is 301. The summed E-state index contributed by atoms with van der Waals surface area (Å²) in [5.41, 5.74) is 5.93. The number of hydrogen-bond acceptors (Lipinski definition) is 4. The van der Waals surface area contributed by atoms with E-state index in [1.54, 1.807) is 0 Å². The summed E-state index contributed by atoms with van der Waals surface area (Å²) in [5.74, 6) is -0.115. The van der Waals surface area contributed by atoms with Gasteiger partial charge in [0.1, 0.15) is 6.04 Å². The number of carbonyl (C=O) groups excluding carboxylic acids is 2. The topological polar surface area (TPSA) is 81.4 Å². The molecule has 1 aliphatic carbocycles. The van der Waals surface area contributed by atoms with Gasteiger partial charge in [-0.05, 0) is 18.8 Å². The SMILES string of the molecule is CCC(NC(=O)C(N)CC1CCCCC1)C(=O)OC. The van der Waals surface area contributed by atoms with Crippen LogP contribution in [0.3, 0.4) is 0 Å². The predicted octanol–water partition coefficient (Wildman–Crippen LogP) is 1.35. The average molecular weight is 270 g/mol. The molecule has 1 rings (SSSR count). The average Bonchev–Trinajstić information content (AvgIpc) is 2.44. The van der Waals surface area contributed by atoms with Crippen LogP contribution in [-0.4, -0.2) is 31.1 Å². The molecule has 1 fully saturated rings. The van der Waals surface area contributed by atoms with E-state index in [0.29, 0.717) is 18.8 Å². The minimum Gasteiger partial charge on any atom is -0.467 e. The summed E-state index contributed by atoms with van der Waals surface area (Å²) in [5, 5.41) is 2.67. The molecule has 0 heterocycles. The largest absolute Gasteiger partial charge is 0.467 e. The second-order valence-electron chi connectivity index (χ2n) is 5.34. The monoisotopic (exact) mass is 270 g/mol. The summed E-state index contributed by atoms with van der Waals surface area (Å²) in [7, 11) is 1.32. The van der Waals surface area contributed by atoms with Crippen LogP contribution in [0.2, 0.25) is 0 Å². The van der Waals surface area contributed by atoms with Crippen molar-refractivity contribution in [2.75, 3.05) is 7.11 Å². The van der Waals surface area contributed by atoms with Gasteiger partial charge >= 0.3 is 5.97 Å². The Morgan fingerprint density at radius 2 is 1.95 bits per heavy atom. The van der Waals surface area contributed by atoms with Gasteiger partial charge in [-0.2, -0.15) is 0 Å². The van der Waals surface area contributed by atoms with Crippen molar-refractivity contribution in [2.45, 2.75) is 64.0 Å². The molecule has 19 heavy (non-hydrogen) atoms. The smallest absolute Gasteiger partial charge is 0.328 e. The summed E-state index contributed by atoms with van der Waals surface area (Å²) < 4.78 is 4.64. The molecule has 1 amide bonds. The molecule has 110 valence electrons. The Morgan fingerprint density at radius 3 is 2.47 bits per heavy atom. The highest BCUT2D eigenvalue weighted by Crippen LogP contribution is 2.26. The number of nitrogens with one attached hydrogen (secondary N) is 1. The molecule has 1 aliphatic rings. The molecular weight excluding hydrogens is 244 g/mol. The lowest BCUT2D eigenvalue weighted by Gasteiger charge is -2.25. The quantitative estimate of drug-likeness (QED) is 0.714. The van der Waals surface area contributed by atoms with E-state index < -0.39 is 18.1 Å². The molecule has 0 spiro atoms. The second kappa shape index (κ2) is 8.15. The van der Waals surface area contributed by atoms with Gasteiger partial charge in [-0.15, -0.1) is 0 Å². The van der Waals surface area contributed by atoms with Crippen LogP contribution >= 0.6 is 0 Å². The lowest BCUT2D eigenvalue weighted by atomic mass is 9.85. The fraction of sp³-hybridized carbons (Fsp3) is 0.857. The molecule has 0 aromatic carbocycles. The first-order chi connectivity index (χ1) is 9.08. The molecule has 0 aliphatic heterocycles. The number of hydrogen-bond donors (Lipinski definition) is 2. The third kappa shape index (κ3) is 5.19. The Labute approximate surface area is 115 Å². The van der Waals surface area contributed by atoms with E-state index in [9.17, 15) is 9.59 Å². The Kier molecular flexibility index (Phi) is 6.84. The fourth-order valence-corrected chi connectivity index (χ4v) is 2.64. The molecule has 2 atom stereocenters. The van der Waals surface area contributed by atoms with Crippen LogP contribution in [0, 0.1) is 5.92 Å². The van der Waals surface area contributed by atoms with Crippen LogP contribution in [0.4, 0.5) is 0 Å². The molecule has 0 aromatic heterocycles. The molecule has 0 aromatic rings. The molecule has 0 bridgehead atoms. The predicted molar refractivity (Wildman–Crippen MR) is 73.4 cm³/mol. The van der Waals surface area contributed by atoms with Crippen LogP contribution < -0.4 is 11.1 Å². The maximum atomic E-state index is 12.0. The second-order valence-corrected chi connectivity index (χ2v) is 5.34. The Hall–Kier alpha value is -1.10. The van der Waals surface area contributed by atoms with Crippen molar-refractivity contribution in [3.05, 3.63) is 0 Å². The van der Waals surface area contributed by atoms with Gasteiger partial charge in [-0.3, -0.25) is 4.79 Å². The van der Waals surface area contributed by atoms with Crippen molar-refractivity contribution in [1.29, 1.82) is 0 Å². The van der Waals surface area contributed by atoms with Gasteiger partial charge in [0, 0.05) is 0 Å². The number of nitrogens with two attached hydrogens (primary N) is 1. The molecule has 5 nitrogen and oxygen atoms in total. The number of carbonyl (C=O) groups is 2. The van der Waals surface area contributed by atoms with Crippen molar-refractivity contribution in [3.63, 3.8) is 0 Å². The molecule has 0 saturated heterocycles. The van der Waals surface area contributed by atoms with Gasteiger partial charge in [0.05, 0.1) is 13.2 Å². The third-order valence-corrected chi connectivity index (χ3v) is 3.86. The van der Waals surface area contributed by atoms with Crippen LogP contribution in [0.15, 0.2) is 0 Å². The van der Waals surface area contributed by atoms with Crippen molar-refractivity contribution in [3.8, 4) is 0 Å². The standard InChI is InChI=1S/C14H26N2O3/c1-3-12(14(18)19-2)16-13(17)11(15)9-10-7-5-4-6-8-10/h10-12H,3-9,15H2,1-2H3,(H,16,17). The van der Waals surface area contributed by atoms with E-state index in [1.165, 1.54) is 26.4 Å². The summed E-state index contributed by atoms with van der Waals surface area (Å²) in [6.45, 7) is 1.83. The van der Waals surface area contributed by atoms with Gasteiger partial charge < -0.3 is 15.8 Å². The lowest BCUT2D eigenvalue weighted by molar-refractivity contribution is -0.145. The molecule has 5 heteroatoms. The highest BCUT2D eigenvalue weighted by atomic mass is 16.5. The number of methoxy groups -OCH3 is 1. The van der Waals surface area contributed by atoms with E-state index >= 15 is 0 Å². The Morgan fingerprint density at radius 1 is 1.32 bits per heavy atom. The van der Waals surface area contributed by atoms with E-state index in [0.717, 1.165) is 12.8 Å². The number of rotatable bonds is 6. The van der Waals surface area contributed by atoms with Crippen molar-refractivity contribution in [2.24, 2.45) is 11.7 Å². The molecule has 1 saturated carbocycles. The van der Waals surface area contributed by atoms with Crippen LogP contribution in [0.1, 0.15) is 51.9 Å². The van der Waals surface area contributed by atoms with E-state index in [-0.39, 0.29) is 5.91 Å². The Balaban J connectivity index is 2.40. The summed E-state index contributed by atoms with van der Waals surface area (Å²) in [4.78, 5) is 23.4. The highest BCUT2D eigenvalue weighted by molar-refractivity contribution is 5.87. The summed E-state index contributed by atoms with van der Waals surface area (Å²) >= 11 is 0. The van der Waals surface area contributed by atoms with E-state index in [4.69, 9.17) is 5.73 Å².